The molecule has 0 saturated heterocycles. The second-order valence-electron chi connectivity index (χ2n) is 4.85. The van der Waals surface area contributed by atoms with Crippen LogP contribution in [-0.2, 0) is 30.4 Å². The zero-order chi connectivity index (χ0) is 17.9. The Balaban J connectivity index is 0.00000576. The van der Waals surface area contributed by atoms with Crippen LogP contribution in [0.4, 0.5) is 0 Å². The zero-order valence-corrected chi connectivity index (χ0v) is 14.4. The predicted molar refractivity (Wildman–Crippen MR) is 91.3 cm³/mol. The standard InChI is InChI=1S/C15H20N4O5.ClH/c1-10(20)24-19-15(23)12(7-11-5-3-2-4-6-11)18-14(22)9-17-13(21)8-16;/h2-6,12H,7-9,16H2,1H3,(H,17,21)(H,18,22)(H,19,23);1H/t12-;/m0./s1. The van der Waals surface area contributed by atoms with Crippen molar-refractivity contribution in [3.05, 3.63) is 35.9 Å². The maximum atomic E-state index is 12.1. The Bertz CT molecular complexity index is 597. The summed E-state index contributed by atoms with van der Waals surface area (Å²) in [6.45, 7) is 0.573. The lowest BCUT2D eigenvalue weighted by molar-refractivity contribution is -0.157. The Morgan fingerprint density at radius 2 is 1.76 bits per heavy atom. The fourth-order valence-corrected chi connectivity index (χ4v) is 1.75. The van der Waals surface area contributed by atoms with E-state index < -0.39 is 29.7 Å². The van der Waals surface area contributed by atoms with E-state index >= 15 is 0 Å². The third kappa shape index (κ3) is 9.28. The number of hydrogen-bond acceptors (Lipinski definition) is 6. The summed E-state index contributed by atoms with van der Waals surface area (Å²) in [6.07, 6.45) is 0.185. The third-order valence-corrected chi connectivity index (χ3v) is 2.86. The molecule has 0 radical (unpaired) electrons. The molecule has 1 aromatic carbocycles. The van der Waals surface area contributed by atoms with E-state index in [2.05, 4.69) is 15.5 Å². The fourth-order valence-electron chi connectivity index (χ4n) is 1.75. The van der Waals surface area contributed by atoms with Crippen molar-refractivity contribution in [2.75, 3.05) is 13.1 Å². The van der Waals surface area contributed by atoms with Crippen molar-refractivity contribution in [3.8, 4) is 0 Å². The number of nitrogens with one attached hydrogen (secondary N) is 3. The average Bonchev–Trinajstić information content (AvgIpc) is 2.57. The van der Waals surface area contributed by atoms with Crippen molar-refractivity contribution in [3.63, 3.8) is 0 Å². The summed E-state index contributed by atoms with van der Waals surface area (Å²) in [5.74, 6) is -2.44. The lowest BCUT2D eigenvalue weighted by atomic mass is 10.1. The van der Waals surface area contributed by atoms with E-state index in [-0.39, 0.29) is 31.9 Å². The number of carbonyl (C=O) groups excluding carboxylic acids is 4. The van der Waals surface area contributed by atoms with Crippen molar-refractivity contribution in [2.24, 2.45) is 5.73 Å². The van der Waals surface area contributed by atoms with E-state index in [1.807, 2.05) is 11.5 Å². The van der Waals surface area contributed by atoms with Crippen LogP contribution in [0.3, 0.4) is 0 Å². The normalized spacial score (nSPS) is 10.6. The highest BCUT2D eigenvalue weighted by Gasteiger charge is 2.22. The molecule has 0 aliphatic heterocycles. The van der Waals surface area contributed by atoms with Gasteiger partial charge in [-0.2, -0.15) is 5.48 Å². The number of rotatable bonds is 7. The van der Waals surface area contributed by atoms with Crippen molar-refractivity contribution in [1.29, 1.82) is 0 Å². The first-order chi connectivity index (χ1) is 11.4. The van der Waals surface area contributed by atoms with Gasteiger partial charge in [0.05, 0.1) is 13.1 Å². The lowest BCUT2D eigenvalue weighted by Crippen LogP contribution is -2.51. The molecule has 5 N–H and O–H groups in total. The van der Waals surface area contributed by atoms with Crippen LogP contribution in [0.5, 0.6) is 0 Å². The van der Waals surface area contributed by atoms with Gasteiger partial charge in [0.15, 0.2) is 0 Å². The van der Waals surface area contributed by atoms with Gasteiger partial charge in [0.1, 0.15) is 6.04 Å². The zero-order valence-electron chi connectivity index (χ0n) is 13.6. The number of hydrogen-bond donors (Lipinski definition) is 4. The van der Waals surface area contributed by atoms with E-state index in [0.29, 0.717) is 0 Å². The molecule has 0 aromatic heterocycles. The molecular formula is C15H21ClN4O5. The van der Waals surface area contributed by atoms with Gasteiger partial charge < -0.3 is 21.2 Å². The molecule has 0 unspecified atom stereocenters. The summed E-state index contributed by atoms with van der Waals surface area (Å²) in [5, 5.41) is 4.77. The summed E-state index contributed by atoms with van der Waals surface area (Å²) in [7, 11) is 0. The molecule has 3 amide bonds. The van der Waals surface area contributed by atoms with Crippen LogP contribution in [0.1, 0.15) is 12.5 Å². The highest BCUT2D eigenvalue weighted by Crippen LogP contribution is 2.03. The van der Waals surface area contributed by atoms with Gasteiger partial charge in [0, 0.05) is 13.3 Å². The Morgan fingerprint density at radius 3 is 2.32 bits per heavy atom. The van der Waals surface area contributed by atoms with Crippen molar-refractivity contribution >= 4 is 36.1 Å². The van der Waals surface area contributed by atoms with E-state index in [4.69, 9.17) is 5.73 Å². The third-order valence-electron chi connectivity index (χ3n) is 2.86. The number of hydroxylamine groups is 1. The second kappa shape index (κ2) is 11.8. The van der Waals surface area contributed by atoms with E-state index in [1.54, 1.807) is 24.3 Å². The first-order valence-electron chi connectivity index (χ1n) is 7.19. The topological polar surface area (TPSA) is 140 Å². The molecule has 0 saturated carbocycles. The number of carbonyl (C=O) groups is 4. The lowest BCUT2D eigenvalue weighted by Gasteiger charge is -2.18. The van der Waals surface area contributed by atoms with Crippen LogP contribution in [0.15, 0.2) is 30.3 Å². The van der Waals surface area contributed by atoms with E-state index in [1.165, 1.54) is 0 Å². The minimum Gasteiger partial charge on any atom is -0.346 e. The molecule has 25 heavy (non-hydrogen) atoms. The van der Waals surface area contributed by atoms with Gasteiger partial charge in [-0.15, -0.1) is 12.4 Å². The van der Waals surface area contributed by atoms with Crippen LogP contribution in [0.25, 0.3) is 0 Å². The molecule has 0 spiro atoms. The van der Waals surface area contributed by atoms with Gasteiger partial charge >= 0.3 is 5.97 Å². The molecule has 9 nitrogen and oxygen atoms in total. The molecule has 1 aromatic rings. The predicted octanol–water partition coefficient (Wildman–Crippen LogP) is -1.20. The number of benzene rings is 1. The number of nitrogens with two attached hydrogens (primary N) is 1. The molecule has 10 heteroatoms. The molecule has 0 fully saturated rings. The average molecular weight is 373 g/mol. The minimum atomic E-state index is -0.978. The molecule has 0 aliphatic carbocycles. The van der Waals surface area contributed by atoms with Crippen LogP contribution in [0.2, 0.25) is 0 Å². The van der Waals surface area contributed by atoms with Crippen LogP contribution < -0.4 is 21.8 Å². The Hall–Kier alpha value is -2.65. The van der Waals surface area contributed by atoms with Crippen LogP contribution >= 0.6 is 12.4 Å². The molecule has 1 rings (SSSR count). The summed E-state index contributed by atoms with van der Waals surface area (Å²) >= 11 is 0. The van der Waals surface area contributed by atoms with Gasteiger partial charge in [-0.1, -0.05) is 30.3 Å². The SMILES string of the molecule is CC(=O)ONC(=O)[C@H](Cc1ccccc1)NC(=O)CNC(=O)CN.Cl. The largest absolute Gasteiger partial charge is 0.346 e. The molecular weight excluding hydrogens is 352 g/mol. The fraction of sp³-hybridized carbons (Fsp3) is 0.333. The van der Waals surface area contributed by atoms with E-state index in [0.717, 1.165) is 12.5 Å². The van der Waals surface area contributed by atoms with Crippen molar-refractivity contribution in [2.45, 2.75) is 19.4 Å². The van der Waals surface area contributed by atoms with Gasteiger partial charge in [0.2, 0.25) is 11.8 Å². The monoisotopic (exact) mass is 372 g/mol. The van der Waals surface area contributed by atoms with Crippen LogP contribution in [-0.4, -0.2) is 42.8 Å². The molecule has 0 bridgehead atoms. The summed E-state index contributed by atoms with van der Waals surface area (Å²) in [6, 6.07) is 8.00. The Labute approximate surface area is 151 Å². The molecule has 138 valence electrons. The molecule has 0 heterocycles. The number of amides is 3. The quantitative estimate of drug-likeness (QED) is 0.443. The van der Waals surface area contributed by atoms with Gasteiger partial charge in [0.25, 0.3) is 5.91 Å². The van der Waals surface area contributed by atoms with Gasteiger partial charge in [-0.3, -0.25) is 19.2 Å². The van der Waals surface area contributed by atoms with E-state index in [9.17, 15) is 19.2 Å². The van der Waals surface area contributed by atoms with Gasteiger partial charge in [-0.05, 0) is 5.56 Å². The first kappa shape index (κ1) is 22.4. The smallest absolute Gasteiger partial charge is 0.329 e. The summed E-state index contributed by atoms with van der Waals surface area (Å²) in [4.78, 5) is 50.2. The van der Waals surface area contributed by atoms with Crippen molar-refractivity contribution in [1.82, 2.24) is 16.1 Å². The second-order valence-corrected chi connectivity index (χ2v) is 4.85. The molecule has 1 atom stereocenters. The highest BCUT2D eigenvalue weighted by atomic mass is 35.5. The molecule has 0 aliphatic rings. The highest BCUT2D eigenvalue weighted by molar-refractivity contribution is 5.90. The maximum Gasteiger partial charge on any atom is 0.329 e. The first-order valence-corrected chi connectivity index (χ1v) is 7.19. The summed E-state index contributed by atoms with van der Waals surface area (Å²) < 4.78 is 0. The minimum absolute atomic E-state index is 0. The number of halogens is 1. The van der Waals surface area contributed by atoms with Crippen molar-refractivity contribution < 1.29 is 24.0 Å². The van der Waals surface area contributed by atoms with Gasteiger partial charge in [-0.25, -0.2) is 0 Å². The summed E-state index contributed by atoms with van der Waals surface area (Å²) in [5.41, 5.74) is 7.89. The Kier molecular flexibility index (Phi) is 10.6. The van der Waals surface area contributed by atoms with Crippen LogP contribution in [0, 0.1) is 0 Å². The maximum absolute atomic E-state index is 12.1. The Morgan fingerprint density at radius 1 is 1.12 bits per heavy atom.